The number of amides is 1. The van der Waals surface area contributed by atoms with E-state index < -0.39 is 11.5 Å². The lowest BCUT2D eigenvalue weighted by Crippen LogP contribution is -2.23. The van der Waals surface area contributed by atoms with Crippen LogP contribution in [0.4, 0.5) is 11.5 Å². The van der Waals surface area contributed by atoms with E-state index in [1.54, 1.807) is 36.4 Å². The molecule has 0 unspecified atom stereocenters. The van der Waals surface area contributed by atoms with Gasteiger partial charge in [-0.05, 0) is 48.9 Å². The summed E-state index contributed by atoms with van der Waals surface area (Å²) in [5, 5.41) is 3.74. The summed E-state index contributed by atoms with van der Waals surface area (Å²) in [5.74, 6) is 0.594. The first kappa shape index (κ1) is 22.0. The Hall–Kier alpha value is -2.68. The molecule has 0 spiro atoms. The van der Waals surface area contributed by atoms with Crippen molar-refractivity contribution >= 4 is 52.4 Å². The Morgan fingerprint density at radius 2 is 1.93 bits per heavy atom. The molecule has 3 rings (SSSR count). The quantitative estimate of drug-likeness (QED) is 0.348. The number of thioether (sulfide) groups is 1. The van der Waals surface area contributed by atoms with Crippen molar-refractivity contribution in [1.82, 2.24) is 9.97 Å². The fraction of sp³-hybridized carbons (Fsp3) is 0.150. The monoisotopic (exact) mass is 464 g/mol. The summed E-state index contributed by atoms with van der Waals surface area (Å²) >= 11 is 13.2. The van der Waals surface area contributed by atoms with Gasteiger partial charge in [0.1, 0.15) is 11.4 Å². The number of hydrogen-bond donors (Lipinski definition) is 3. The number of nitrogen functional groups attached to an aromatic ring is 1. The SMILES string of the molecule is CCOc1ccc(C(=O)Nc2c(N)nc(SCc3ccc(Cl)c(Cl)c3)[nH]c2=O)cc1. The summed E-state index contributed by atoms with van der Waals surface area (Å²) in [5.41, 5.74) is 6.52. The van der Waals surface area contributed by atoms with Crippen LogP contribution in [0.3, 0.4) is 0 Å². The molecule has 10 heteroatoms. The molecule has 156 valence electrons. The largest absolute Gasteiger partial charge is 0.494 e. The van der Waals surface area contributed by atoms with E-state index in [-0.39, 0.29) is 11.5 Å². The van der Waals surface area contributed by atoms with Crippen LogP contribution < -0.4 is 21.3 Å². The van der Waals surface area contributed by atoms with Crippen molar-refractivity contribution in [2.45, 2.75) is 17.8 Å². The fourth-order valence-corrected chi connectivity index (χ4v) is 3.63. The van der Waals surface area contributed by atoms with Crippen LogP contribution in [0.1, 0.15) is 22.8 Å². The molecule has 1 aromatic heterocycles. The van der Waals surface area contributed by atoms with Gasteiger partial charge in [0.05, 0.1) is 16.7 Å². The topological polar surface area (TPSA) is 110 Å². The van der Waals surface area contributed by atoms with Crippen LogP contribution in [0.15, 0.2) is 52.4 Å². The molecule has 2 aromatic carbocycles. The molecule has 1 amide bonds. The van der Waals surface area contributed by atoms with Gasteiger partial charge >= 0.3 is 0 Å². The maximum absolute atomic E-state index is 12.4. The average molecular weight is 465 g/mol. The van der Waals surface area contributed by atoms with Crippen molar-refractivity contribution in [3.8, 4) is 5.75 Å². The number of nitrogens with two attached hydrogens (primary N) is 1. The van der Waals surface area contributed by atoms with E-state index in [0.29, 0.717) is 38.9 Å². The zero-order chi connectivity index (χ0) is 21.7. The van der Waals surface area contributed by atoms with E-state index in [1.807, 2.05) is 13.0 Å². The number of carbonyl (C=O) groups excluding carboxylic acids is 1. The average Bonchev–Trinajstić information content (AvgIpc) is 2.72. The van der Waals surface area contributed by atoms with Crippen LogP contribution in [0.5, 0.6) is 5.75 Å². The summed E-state index contributed by atoms with van der Waals surface area (Å²) in [6, 6.07) is 11.8. The molecule has 0 aliphatic heterocycles. The number of benzene rings is 2. The van der Waals surface area contributed by atoms with Gasteiger partial charge in [-0.25, -0.2) is 4.98 Å². The van der Waals surface area contributed by atoms with Crippen molar-refractivity contribution in [3.05, 3.63) is 74.0 Å². The van der Waals surface area contributed by atoms with E-state index in [1.165, 1.54) is 11.8 Å². The van der Waals surface area contributed by atoms with E-state index in [0.717, 1.165) is 5.56 Å². The highest BCUT2D eigenvalue weighted by Gasteiger charge is 2.14. The molecule has 0 saturated carbocycles. The molecule has 0 atom stereocenters. The molecule has 0 radical (unpaired) electrons. The molecule has 1 heterocycles. The lowest BCUT2D eigenvalue weighted by atomic mass is 10.2. The lowest BCUT2D eigenvalue weighted by Gasteiger charge is -2.09. The molecule has 0 bridgehead atoms. The van der Waals surface area contributed by atoms with Crippen molar-refractivity contribution in [3.63, 3.8) is 0 Å². The summed E-state index contributed by atoms with van der Waals surface area (Å²) in [6.07, 6.45) is 0. The number of carbonyl (C=O) groups is 1. The maximum Gasteiger partial charge on any atom is 0.277 e. The van der Waals surface area contributed by atoms with Gasteiger partial charge in [0.2, 0.25) is 0 Å². The van der Waals surface area contributed by atoms with Crippen LogP contribution in [0.25, 0.3) is 0 Å². The van der Waals surface area contributed by atoms with Gasteiger partial charge in [-0.3, -0.25) is 14.6 Å². The van der Waals surface area contributed by atoms with Crippen molar-refractivity contribution in [2.75, 3.05) is 17.7 Å². The Bertz CT molecular complexity index is 1120. The van der Waals surface area contributed by atoms with Gasteiger partial charge in [0, 0.05) is 11.3 Å². The van der Waals surface area contributed by atoms with Crippen molar-refractivity contribution < 1.29 is 9.53 Å². The van der Waals surface area contributed by atoms with Crippen molar-refractivity contribution in [2.24, 2.45) is 0 Å². The fourth-order valence-electron chi connectivity index (χ4n) is 2.49. The first-order valence-electron chi connectivity index (χ1n) is 8.88. The molecule has 0 fully saturated rings. The van der Waals surface area contributed by atoms with E-state index >= 15 is 0 Å². The Morgan fingerprint density at radius 1 is 1.20 bits per heavy atom. The number of anilines is 2. The third kappa shape index (κ3) is 5.47. The standard InChI is InChI=1S/C20H18Cl2N4O3S/c1-2-29-13-6-4-12(5-7-13)18(27)24-16-17(23)25-20(26-19(16)28)30-10-11-3-8-14(21)15(22)9-11/h3-9H,2,10H2,1H3,(H,24,27)(H3,23,25,26,28). The van der Waals surface area contributed by atoms with E-state index in [4.69, 9.17) is 33.7 Å². The summed E-state index contributed by atoms with van der Waals surface area (Å²) in [6.45, 7) is 2.40. The number of nitrogens with zero attached hydrogens (tertiary/aromatic N) is 1. The summed E-state index contributed by atoms with van der Waals surface area (Å²) in [7, 11) is 0. The highest BCUT2D eigenvalue weighted by molar-refractivity contribution is 7.98. The minimum atomic E-state index is -0.543. The second-order valence-electron chi connectivity index (χ2n) is 6.08. The Balaban J connectivity index is 1.70. The normalized spacial score (nSPS) is 10.6. The van der Waals surface area contributed by atoms with Gasteiger partial charge in [0.15, 0.2) is 11.0 Å². The molecular weight excluding hydrogens is 447 g/mol. The number of hydrogen-bond acceptors (Lipinski definition) is 6. The molecule has 0 aliphatic rings. The smallest absolute Gasteiger partial charge is 0.277 e. The number of H-pyrrole nitrogens is 1. The first-order valence-corrected chi connectivity index (χ1v) is 10.6. The third-order valence-corrected chi connectivity index (χ3v) is 5.63. The highest BCUT2D eigenvalue weighted by Crippen LogP contribution is 2.27. The predicted octanol–water partition coefficient (Wildman–Crippen LogP) is 4.60. The minimum absolute atomic E-state index is 0.0744. The Labute approximate surface area is 187 Å². The molecule has 0 saturated heterocycles. The lowest BCUT2D eigenvalue weighted by molar-refractivity contribution is 0.102. The molecule has 0 aliphatic carbocycles. The van der Waals surface area contributed by atoms with Crippen LogP contribution in [-0.2, 0) is 5.75 Å². The summed E-state index contributed by atoms with van der Waals surface area (Å²) < 4.78 is 5.34. The number of ether oxygens (including phenoxy) is 1. The molecule has 4 N–H and O–H groups in total. The zero-order valence-corrected chi connectivity index (χ0v) is 18.2. The third-order valence-electron chi connectivity index (χ3n) is 3.95. The first-order chi connectivity index (χ1) is 14.4. The van der Waals surface area contributed by atoms with Crippen molar-refractivity contribution in [1.29, 1.82) is 0 Å². The maximum atomic E-state index is 12.4. The van der Waals surface area contributed by atoms with Gasteiger partial charge in [0.25, 0.3) is 11.5 Å². The van der Waals surface area contributed by atoms with E-state index in [2.05, 4.69) is 15.3 Å². The minimum Gasteiger partial charge on any atom is -0.494 e. The second-order valence-corrected chi connectivity index (χ2v) is 7.86. The second kappa shape index (κ2) is 9.88. The molecular formula is C20H18Cl2N4O3S. The number of aromatic amines is 1. The summed E-state index contributed by atoms with van der Waals surface area (Å²) in [4.78, 5) is 31.6. The molecule has 30 heavy (non-hydrogen) atoms. The number of nitrogens with one attached hydrogen (secondary N) is 2. The number of aromatic nitrogens is 2. The molecule has 7 nitrogen and oxygen atoms in total. The highest BCUT2D eigenvalue weighted by atomic mass is 35.5. The van der Waals surface area contributed by atoms with Crippen LogP contribution >= 0.6 is 35.0 Å². The van der Waals surface area contributed by atoms with E-state index in [9.17, 15) is 9.59 Å². The Morgan fingerprint density at radius 3 is 2.57 bits per heavy atom. The van der Waals surface area contributed by atoms with Crippen LogP contribution in [-0.4, -0.2) is 22.5 Å². The Kier molecular flexibility index (Phi) is 7.25. The number of halogens is 2. The number of rotatable bonds is 7. The zero-order valence-electron chi connectivity index (χ0n) is 15.9. The van der Waals surface area contributed by atoms with Crippen LogP contribution in [0, 0.1) is 0 Å². The van der Waals surface area contributed by atoms with Gasteiger partial charge in [-0.15, -0.1) is 0 Å². The molecule has 3 aromatic rings. The predicted molar refractivity (Wildman–Crippen MR) is 121 cm³/mol. The van der Waals surface area contributed by atoms with Gasteiger partial charge < -0.3 is 15.8 Å². The van der Waals surface area contributed by atoms with Crippen LogP contribution in [0.2, 0.25) is 10.0 Å². The van der Waals surface area contributed by atoms with Gasteiger partial charge in [-0.2, -0.15) is 0 Å². The van der Waals surface area contributed by atoms with Gasteiger partial charge in [-0.1, -0.05) is 41.0 Å².